The van der Waals surface area contributed by atoms with Gasteiger partial charge in [0.1, 0.15) is 13.2 Å². The lowest BCUT2D eigenvalue weighted by Crippen LogP contribution is -2.32. The van der Waals surface area contributed by atoms with Gasteiger partial charge in [-0.25, -0.2) is 9.69 Å². The number of amides is 3. The molecule has 4 rings (SSSR count). The number of carbonyl (C=O) groups is 2. The summed E-state index contributed by atoms with van der Waals surface area (Å²) in [4.78, 5) is 33.3. The number of aromatic nitrogens is 2. The van der Waals surface area contributed by atoms with Crippen molar-refractivity contribution in [1.82, 2.24) is 14.7 Å². The van der Waals surface area contributed by atoms with Gasteiger partial charge < -0.3 is 9.74 Å². The summed E-state index contributed by atoms with van der Waals surface area (Å²) in [5.74, 6) is -0.249. The maximum Gasteiger partial charge on any atom is 0.332 e. The van der Waals surface area contributed by atoms with E-state index >= 15 is 0 Å². The van der Waals surface area contributed by atoms with Gasteiger partial charge in [0, 0.05) is 18.3 Å². The Labute approximate surface area is 169 Å². The van der Waals surface area contributed by atoms with E-state index in [9.17, 15) is 9.59 Å². The molecule has 150 valence electrons. The zero-order valence-electron chi connectivity index (χ0n) is 16.8. The molecule has 1 saturated heterocycles. The maximum atomic E-state index is 12.8. The second kappa shape index (κ2) is 7.54. The van der Waals surface area contributed by atoms with E-state index in [1.165, 1.54) is 4.90 Å². The molecule has 2 aliphatic heterocycles. The molecule has 0 atom stereocenters. The molecular formula is C21H23N5O3. The molecule has 0 unspecified atom stereocenters. The van der Waals surface area contributed by atoms with Gasteiger partial charge in [0.25, 0.3) is 5.91 Å². The van der Waals surface area contributed by atoms with Crippen molar-refractivity contribution in [2.75, 3.05) is 18.1 Å². The van der Waals surface area contributed by atoms with E-state index in [2.05, 4.69) is 10.3 Å². The molecular weight excluding hydrogens is 370 g/mol. The number of imide groups is 1. The lowest BCUT2D eigenvalue weighted by molar-refractivity contribution is -0.116. The lowest BCUT2D eigenvalue weighted by Gasteiger charge is -2.17. The van der Waals surface area contributed by atoms with Gasteiger partial charge in [0.2, 0.25) is 0 Å². The van der Waals surface area contributed by atoms with Crippen molar-refractivity contribution < 1.29 is 14.4 Å². The van der Waals surface area contributed by atoms with Crippen LogP contribution in [0.2, 0.25) is 0 Å². The van der Waals surface area contributed by atoms with Crippen molar-refractivity contribution in [3.63, 3.8) is 0 Å². The van der Waals surface area contributed by atoms with Crippen LogP contribution in [-0.4, -0.2) is 45.5 Å². The normalized spacial score (nSPS) is 17.1. The summed E-state index contributed by atoms with van der Waals surface area (Å²) in [5.41, 5.74) is 5.57. The number of nitrogens with zero attached hydrogens (tertiary/aromatic N) is 5. The first kappa shape index (κ1) is 18.9. The van der Waals surface area contributed by atoms with Crippen molar-refractivity contribution in [2.24, 2.45) is 5.16 Å². The number of aryl methyl sites for hydroxylation is 1. The number of benzene rings is 1. The highest BCUT2D eigenvalue weighted by Crippen LogP contribution is 2.23. The second-order valence-electron chi connectivity index (χ2n) is 7.46. The Balaban J connectivity index is 1.49. The SMILES string of the molecule is CC1=NOCC(C)=C1Cn1cc(N2C(=O)CN(Cc3ccc(C)cc3)C2=O)cn1. The predicted octanol–water partition coefficient (Wildman–Crippen LogP) is 2.88. The summed E-state index contributed by atoms with van der Waals surface area (Å²) >= 11 is 0. The molecule has 2 aliphatic rings. The van der Waals surface area contributed by atoms with Crippen molar-refractivity contribution in [1.29, 1.82) is 0 Å². The molecule has 1 aromatic heterocycles. The monoisotopic (exact) mass is 393 g/mol. The minimum absolute atomic E-state index is 0.0608. The van der Waals surface area contributed by atoms with Gasteiger partial charge in [-0.15, -0.1) is 0 Å². The third-order valence-corrected chi connectivity index (χ3v) is 5.16. The average Bonchev–Trinajstić information content (AvgIpc) is 3.24. The fourth-order valence-corrected chi connectivity index (χ4v) is 3.48. The molecule has 1 fully saturated rings. The second-order valence-corrected chi connectivity index (χ2v) is 7.46. The molecule has 3 heterocycles. The molecule has 0 radical (unpaired) electrons. The molecule has 1 aromatic carbocycles. The first-order valence-electron chi connectivity index (χ1n) is 9.48. The molecule has 2 aromatic rings. The van der Waals surface area contributed by atoms with E-state index in [0.29, 0.717) is 25.4 Å². The van der Waals surface area contributed by atoms with Gasteiger partial charge in [0.05, 0.1) is 24.1 Å². The van der Waals surface area contributed by atoms with E-state index in [0.717, 1.165) is 28.0 Å². The van der Waals surface area contributed by atoms with Crippen molar-refractivity contribution in [3.8, 4) is 0 Å². The van der Waals surface area contributed by atoms with Gasteiger partial charge in [-0.05, 0) is 31.9 Å². The molecule has 3 amide bonds. The third-order valence-electron chi connectivity index (χ3n) is 5.16. The number of urea groups is 1. The number of oxime groups is 1. The zero-order chi connectivity index (χ0) is 20.5. The van der Waals surface area contributed by atoms with Crippen LogP contribution < -0.4 is 4.90 Å². The van der Waals surface area contributed by atoms with E-state index in [1.807, 2.05) is 45.0 Å². The Bertz CT molecular complexity index is 1020. The summed E-state index contributed by atoms with van der Waals surface area (Å²) in [6, 6.07) is 7.62. The number of carbonyl (C=O) groups excluding carboxylic acids is 2. The first-order chi connectivity index (χ1) is 13.9. The Kier molecular flexibility index (Phi) is 4.92. The molecule has 8 nitrogen and oxygen atoms in total. The number of allylic oxidation sites excluding steroid dienone is 1. The van der Waals surface area contributed by atoms with Crippen LogP contribution in [0.25, 0.3) is 0 Å². The largest absolute Gasteiger partial charge is 0.391 e. The van der Waals surface area contributed by atoms with Crippen LogP contribution in [0, 0.1) is 6.92 Å². The van der Waals surface area contributed by atoms with Crippen molar-refractivity contribution in [2.45, 2.75) is 33.9 Å². The molecule has 0 bridgehead atoms. The minimum Gasteiger partial charge on any atom is -0.391 e. The standard InChI is InChI=1S/C21H23N5O3/c1-14-4-6-17(7-5-14)9-24-12-20(27)26(21(24)28)18-8-22-25(10-18)11-19-15(2)13-29-23-16(19)3/h4-8,10H,9,11-13H2,1-3H3. The summed E-state index contributed by atoms with van der Waals surface area (Å²) < 4.78 is 1.71. The summed E-state index contributed by atoms with van der Waals surface area (Å²) in [7, 11) is 0. The number of rotatable bonds is 5. The molecule has 0 N–H and O–H groups in total. The molecule has 0 spiro atoms. The Hall–Kier alpha value is -3.42. The van der Waals surface area contributed by atoms with Crippen LogP contribution in [-0.2, 0) is 22.7 Å². The lowest BCUT2D eigenvalue weighted by atomic mass is 10.1. The molecule has 29 heavy (non-hydrogen) atoms. The minimum atomic E-state index is -0.325. The van der Waals surface area contributed by atoms with Crippen LogP contribution in [0.3, 0.4) is 0 Å². The summed E-state index contributed by atoms with van der Waals surface area (Å²) in [6.45, 7) is 7.32. The van der Waals surface area contributed by atoms with E-state index in [-0.39, 0.29) is 18.5 Å². The Morgan fingerprint density at radius 2 is 1.83 bits per heavy atom. The fourth-order valence-electron chi connectivity index (χ4n) is 3.48. The fraction of sp³-hybridized carbons (Fsp3) is 0.333. The van der Waals surface area contributed by atoms with Gasteiger partial charge in [-0.1, -0.05) is 35.0 Å². The van der Waals surface area contributed by atoms with Gasteiger partial charge in [0.15, 0.2) is 0 Å². The highest BCUT2D eigenvalue weighted by Gasteiger charge is 2.37. The predicted molar refractivity (Wildman–Crippen MR) is 108 cm³/mol. The van der Waals surface area contributed by atoms with E-state index in [1.54, 1.807) is 22.0 Å². The number of anilines is 1. The quantitative estimate of drug-likeness (QED) is 0.732. The topological polar surface area (TPSA) is 80.0 Å². The molecule has 0 saturated carbocycles. The van der Waals surface area contributed by atoms with Gasteiger partial charge in [-0.3, -0.25) is 9.48 Å². The number of hydrogen-bond donors (Lipinski definition) is 0. The Morgan fingerprint density at radius 3 is 2.55 bits per heavy atom. The maximum absolute atomic E-state index is 12.8. The molecule has 8 heteroatoms. The Morgan fingerprint density at radius 1 is 1.07 bits per heavy atom. The summed E-state index contributed by atoms with van der Waals surface area (Å²) in [5, 5.41) is 8.35. The third kappa shape index (κ3) is 3.78. The average molecular weight is 393 g/mol. The van der Waals surface area contributed by atoms with Gasteiger partial charge >= 0.3 is 6.03 Å². The number of hydrogen-bond acceptors (Lipinski definition) is 5. The molecule has 0 aliphatic carbocycles. The van der Waals surface area contributed by atoms with Crippen molar-refractivity contribution in [3.05, 3.63) is 58.9 Å². The van der Waals surface area contributed by atoms with Crippen LogP contribution in [0.5, 0.6) is 0 Å². The highest BCUT2D eigenvalue weighted by atomic mass is 16.6. The van der Waals surface area contributed by atoms with Crippen LogP contribution in [0.4, 0.5) is 10.5 Å². The van der Waals surface area contributed by atoms with Crippen molar-refractivity contribution >= 4 is 23.3 Å². The van der Waals surface area contributed by atoms with E-state index in [4.69, 9.17) is 4.84 Å². The van der Waals surface area contributed by atoms with Crippen LogP contribution in [0.1, 0.15) is 25.0 Å². The zero-order valence-corrected chi connectivity index (χ0v) is 16.8. The van der Waals surface area contributed by atoms with E-state index < -0.39 is 0 Å². The highest BCUT2D eigenvalue weighted by molar-refractivity contribution is 6.19. The summed E-state index contributed by atoms with van der Waals surface area (Å²) in [6.07, 6.45) is 3.26. The first-order valence-corrected chi connectivity index (χ1v) is 9.48. The van der Waals surface area contributed by atoms with Crippen LogP contribution >= 0.6 is 0 Å². The van der Waals surface area contributed by atoms with Crippen LogP contribution in [0.15, 0.2) is 53.0 Å². The van der Waals surface area contributed by atoms with Gasteiger partial charge in [-0.2, -0.15) is 5.10 Å². The smallest absolute Gasteiger partial charge is 0.332 e.